The van der Waals surface area contributed by atoms with Crippen molar-refractivity contribution >= 4 is 23.3 Å². The molecule has 0 bridgehead atoms. The van der Waals surface area contributed by atoms with Crippen LogP contribution in [0.5, 0.6) is 0 Å². The Hall–Kier alpha value is -3.00. The highest BCUT2D eigenvalue weighted by molar-refractivity contribution is 6.47. The Morgan fingerprint density at radius 3 is 2.34 bits per heavy atom. The zero-order valence-corrected chi connectivity index (χ0v) is 18.7. The molecule has 0 radical (unpaired) electrons. The molecule has 32 heavy (non-hydrogen) atoms. The quantitative estimate of drug-likeness (QED) is 0.531. The largest absolute Gasteiger partial charge is 0.393 e. The van der Waals surface area contributed by atoms with Gasteiger partial charge in [0.05, 0.1) is 22.9 Å². The second kappa shape index (κ2) is 7.55. The number of nitrogens with two attached hydrogens (primary N) is 1. The van der Waals surface area contributed by atoms with Gasteiger partial charge in [0.1, 0.15) is 5.82 Å². The Morgan fingerprint density at radius 1 is 1.22 bits per heavy atom. The third-order valence-corrected chi connectivity index (χ3v) is 6.80. The molecule has 0 spiro atoms. The van der Waals surface area contributed by atoms with Gasteiger partial charge in [-0.2, -0.15) is 0 Å². The van der Waals surface area contributed by atoms with Crippen molar-refractivity contribution in [1.82, 2.24) is 4.57 Å². The van der Waals surface area contributed by atoms with Crippen LogP contribution >= 0.6 is 0 Å². The highest BCUT2D eigenvalue weighted by Crippen LogP contribution is 2.44. The van der Waals surface area contributed by atoms with Crippen LogP contribution in [0.15, 0.2) is 18.2 Å². The lowest BCUT2D eigenvalue weighted by atomic mass is 9.74. The zero-order chi connectivity index (χ0) is 23.5. The van der Waals surface area contributed by atoms with Gasteiger partial charge in [0, 0.05) is 24.3 Å². The Kier molecular flexibility index (Phi) is 5.24. The maximum atomic E-state index is 13.9. The van der Waals surface area contributed by atoms with Crippen molar-refractivity contribution in [2.24, 2.45) is 12.8 Å². The molecular formula is C24H28FN3O4. The fourth-order valence-corrected chi connectivity index (χ4v) is 5.10. The highest BCUT2D eigenvalue weighted by Gasteiger charge is 2.49. The van der Waals surface area contributed by atoms with Crippen LogP contribution in [0.2, 0.25) is 0 Å². The molecule has 2 aliphatic carbocycles. The number of carbonyl (C=O) groups excluding carboxylic acids is 3. The normalized spacial score (nSPS) is 22.4. The molecule has 0 aliphatic heterocycles. The number of anilines is 1. The molecule has 2 amide bonds. The van der Waals surface area contributed by atoms with Crippen molar-refractivity contribution in [2.75, 3.05) is 4.90 Å². The molecule has 2 aliphatic rings. The molecule has 1 heterocycles. The molecule has 2 fully saturated rings. The summed E-state index contributed by atoms with van der Waals surface area (Å²) in [6.45, 7) is 5.02. The van der Waals surface area contributed by atoms with Crippen LogP contribution in [0, 0.1) is 19.7 Å². The molecule has 4 rings (SSSR count). The molecule has 3 N–H and O–H groups in total. The van der Waals surface area contributed by atoms with Gasteiger partial charge in [0.25, 0.3) is 11.7 Å². The molecule has 0 atom stereocenters. The second-order valence-corrected chi connectivity index (χ2v) is 9.39. The number of ketones is 1. The summed E-state index contributed by atoms with van der Waals surface area (Å²) in [6, 6.07) is 4.25. The number of aromatic nitrogens is 1. The number of halogens is 1. The van der Waals surface area contributed by atoms with Crippen LogP contribution < -0.4 is 10.6 Å². The first-order valence-corrected chi connectivity index (χ1v) is 10.8. The van der Waals surface area contributed by atoms with E-state index in [9.17, 15) is 23.9 Å². The number of carbonyl (C=O) groups is 3. The number of aliphatic hydroxyl groups excluding tert-OH is 1. The van der Waals surface area contributed by atoms with Crippen LogP contribution in [-0.2, 0) is 11.8 Å². The molecule has 2 saturated carbocycles. The van der Waals surface area contributed by atoms with Gasteiger partial charge in [0.2, 0.25) is 0 Å². The minimum absolute atomic E-state index is 0.137. The summed E-state index contributed by atoms with van der Waals surface area (Å²) < 4.78 is 15.5. The first-order chi connectivity index (χ1) is 15.0. The van der Waals surface area contributed by atoms with Crippen LogP contribution in [-0.4, -0.2) is 38.9 Å². The molecule has 8 heteroatoms. The van der Waals surface area contributed by atoms with Gasteiger partial charge in [-0.15, -0.1) is 0 Å². The Morgan fingerprint density at radius 2 is 1.84 bits per heavy atom. The number of hydrogen-bond acceptors (Lipinski definition) is 4. The summed E-state index contributed by atoms with van der Waals surface area (Å²) in [4.78, 5) is 40.7. The zero-order valence-electron chi connectivity index (χ0n) is 18.7. The van der Waals surface area contributed by atoms with E-state index in [0.717, 1.165) is 12.8 Å². The first kappa shape index (κ1) is 22.2. The number of nitrogens with zero attached hydrogens (tertiary/aromatic N) is 2. The fourth-order valence-electron chi connectivity index (χ4n) is 5.10. The summed E-state index contributed by atoms with van der Waals surface area (Å²) in [5.74, 6) is -2.43. The van der Waals surface area contributed by atoms with E-state index >= 15 is 0 Å². The number of aliphatic hydroxyl groups is 1. The number of Topliss-reactive ketones (excluding diaryl/α,β-unsaturated/α-hetero) is 1. The molecule has 0 unspecified atom stereocenters. The van der Waals surface area contributed by atoms with E-state index in [1.54, 1.807) is 32.4 Å². The maximum Gasteiger partial charge on any atom is 0.301 e. The van der Waals surface area contributed by atoms with Gasteiger partial charge >= 0.3 is 5.91 Å². The van der Waals surface area contributed by atoms with Gasteiger partial charge in [-0.3, -0.25) is 19.3 Å². The third-order valence-electron chi connectivity index (χ3n) is 6.80. The summed E-state index contributed by atoms with van der Waals surface area (Å²) in [6.07, 6.45) is 1.82. The minimum Gasteiger partial charge on any atom is -0.393 e. The van der Waals surface area contributed by atoms with E-state index in [0.29, 0.717) is 40.9 Å². The average molecular weight is 442 g/mol. The van der Waals surface area contributed by atoms with Gasteiger partial charge in [-0.1, -0.05) is 0 Å². The van der Waals surface area contributed by atoms with Gasteiger partial charge in [0.15, 0.2) is 0 Å². The summed E-state index contributed by atoms with van der Waals surface area (Å²) >= 11 is 0. The van der Waals surface area contributed by atoms with Crippen molar-refractivity contribution in [2.45, 2.75) is 64.0 Å². The topological polar surface area (TPSA) is 106 Å². The van der Waals surface area contributed by atoms with Crippen molar-refractivity contribution in [3.8, 4) is 0 Å². The lowest BCUT2D eigenvalue weighted by Gasteiger charge is -2.50. The van der Waals surface area contributed by atoms with E-state index in [4.69, 9.17) is 5.73 Å². The van der Waals surface area contributed by atoms with Crippen LogP contribution in [0.25, 0.3) is 0 Å². The molecular weight excluding hydrogens is 413 g/mol. The standard InChI is InChI=1S/C24H28FN3O4/c1-12-9-15(7-8-17(12)25)28(24(3)10-16(29)11-24)23(32)21(30)19-13(2)18(22(26)31)20(27(19)4)14-5-6-14/h7-9,14,16,29H,5-6,10-11H2,1-4H3,(H2,26,31). The second-order valence-electron chi connectivity index (χ2n) is 9.39. The molecule has 170 valence electrons. The predicted octanol–water partition coefficient (Wildman–Crippen LogP) is 2.89. The number of aryl methyl sites for hydroxylation is 1. The molecule has 0 saturated heterocycles. The monoisotopic (exact) mass is 441 g/mol. The lowest BCUT2D eigenvalue weighted by molar-refractivity contribution is -0.117. The van der Waals surface area contributed by atoms with Crippen molar-refractivity contribution in [3.05, 3.63) is 52.1 Å². The van der Waals surface area contributed by atoms with Crippen molar-refractivity contribution < 1.29 is 23.9 Å². The Labute approximate surface area is 186 Å². The first-order valence-electron chi connectivity index (χ1n) is 10.8. The number of hydrogen-bond donors (Lipinski definition) is 2. The van der Waals surface area contributed by atoms with Crippen molar-refractivity contribution in [1.29, 1.82) is 0 Å². The molecule has 1 aromatic heterocycles. The third kappa shape index (κ3) is 3.43. The smallest absolute Gasteiger partial charge is 0.301 e. The van der Waals surface area contributed by atoms with Crippen LogP contribution in [0.1, 0.15) is 76.2 Å². The summed E-state index contributed by atoms with van der Waals surface area (Å²) in [5.41, 5.74) is 7.09. The van der Waals surface area contributed by atoms with Crippen LogP contribution in [0.4, 0.5) is 10.1 Å². The van der Waals surface area contributed by atoms with E-state index < -0.39 is 35.1 Å². The number of amides is 2. The van der Waals surface area contributed by atoms with Crippen molar-refractivity contribution in [3.63, 3.8) is 0 Å². The summed E-state index contributed by atoms with van der Waals surface area (Å²) in [5, 5.41) is 9.93. The minimum atomic E-state index is -0.790. The SMILES string of the molecule is Cc1cc(N(C(=O)C(=O)c2c(C)c(C(N)=O)c(C3CC3)n2C)C2(C)CC(O)C2)ccc1F. The number of primary amides is 1. The van der Waals surface area contributed by atoms with Gasteiger partial charge in [-0.25, -0.2) is 4.39 Å². The van der Waals surface area contributed by atoms with Crippen LogP contribution in [0.3, 0.4) is 0 Å². The number of benzene rings is 1. The summed E-state index contributed by atoms with van der Waals surface area (Å²) in [7, 11) is 1.68. The van der Waals surface area contributed by atoms with E-state index in [1.807, 2.05) is 0 Å². The predicted molar refractivity (Wildman–Crippen MR) is 117 cm³/mol. The Bertz CT molecular complexity index is 1140. The average Bonchev–Trinajstić information content (AvgIpc) is 3.48. The molecule has 1 aromatic carbocycles. The van der Waals surface area contributed by atoms with E-state index in [1.165, 1.54) is 23.1 Å². The van der Waals surface area contributed by atoms with Gasteiger partial charge in [-0.05, 0) is 75.8 Å². The van der Waals surface area contributed by atoms with E-state index in [-0.39, 0.29) is 11.6 Å². The fraction of sp³-hybridized carbons (Fsp3) is 0.458. The lowest BCUT2D eigenvalue weighted by Crippen LogP contribution is -2.61. The highest BCUT2D eigenvalue weighted by atomic mass is 19.1. The molecule has 7 nitrogen and oxygen atoms in total. The van der Waals surface area contributed by atoms with E-state index in [2.05, 4.69) is 0 Å². The maximum absolute atomic E-state index is 13.9. The van der Waals surface area contributed by atoms with Gasteiger partial charge < -0.3 is 15.4 Å². The molecule has 2 aromatic rings. The number of rotatable bonds is 6. The Balaban J connectivity index is 1.80.